The molecule has 0 amide bonds. The number of phenols is 1. The third-order valence-electron chi connectivity index (χ3n) is 3.70. The number of fused-ring (bicyclic) bond motifs is 1. The van der Waals surface area contributed by atoms with E-state index in [2.05, 4.69) is 27.7 Å². The van der Waals surface area contributed by atoms with Crippen molar-refractivity contribution in [1.82, 2.24) is 0 Å². The molecule has 0 aliphatic carbocycles. The van der Waals surface area contributed by atoms with Gasteiger partial charge in [-0.05, 0) is 64.2 Å². The van der Waals surface area contributed by atoms with Crippen LogP contribution in [0.5, 0.6) is 11.5 Å². The second-order valence-corrected chi connectivity index (χ2v) is 6.10. The van der Waals surface area contributed by atoms with E-state index in [1.165, 1.54) is 12.0 Å². The van der Waals surface area contributed by atoms with Gasteiger partial charge in [-0.2, -0.15) is 0 Å². The van der Waals surface area contributed by atoms with Crippen molar-refractivity contribution < 1.29 is 9.84 Å². The monoisotopic (exact) mass is 294 g/mol. The summed E-state index contributed by atoms with van der Waals surface area (Å²) in [5.41, 5.74) is 4.08. The molecule has 0 saturated heterocycles. The molecule has 1 heterocycles. The van der Waals surface area contributed by atoms with Crippen LogP contribution in [-0.2, 0) is 6.42 Å². The Morgan fingerprint density at radius 3 is 1.95 bits per heavy atom. The Morgan fingerprint density at radius 2 is 1.48 bits per heavy atom. The van der Waals surface area contributed by atoms with Gasteiger partial charge in [0.25, 0.3) is 0 Å². The SMILES string of the molecule is CC.CCC.Cc1c(C)c2c(c(C)c1O)CCC(C)(C)O2. The van der Waals surface area contributed by atoms with E-state index in [-0.39, 0.29) is 5.60 Å². The Hall–Kier alpha value is -1.18. The summed E-state index contributed by atoms with van der Waals surface area (Å²) in [4.78, 5) is 0. The minimum absolute atomic E-state index is 0.0897. The van der Waals surface area contributed by atoms with Gasteiger partial charge in [-0.3, -0.25) is 0 Å². The topological polar surface area (TPSA) is 29.5 Å². The first-order valence-corrected chi connectivity index (χ1v) is 8.25. The van der Waals surface area contributed by atoms with Crippen molar-refractivity contribution in [3.05, 3.63) is 22.3 Å². The molecule has 2 nitrogen and oxygen atoms in total. The Kier molecular flexibility index (Phi) is 7.84. The van der Waals surface area contributed by atoms with Gasteiger partial charge < -0.3 is 9.84 Å². The standard InChI is InChI=1S/C14H20O2.C3H8.C2H6/c1-8-9(2)13-11(10(3)12(8)15)6-7-14(4,5)16-13;1-3-2;1-2/h15H,6-7H2,1-5H3;3H2,1-2H3;1-2H3. The van der Waals surface area contributed by atoms with Crippen LogP contribution in [0.2, 0.25) is 0 Å². The van der Waals surface area contributed by atoms with Gasteiger partial charge in [0, 0.05) is 5.56 Å². The highest BCUT2D eigenvalue weighted by atomic mass is 16.5. The van der Waals surface area contributed by atoms with Crippen LogP contribution in [0, 0.1) is 20.8 Å². The number of benzene rings is 1. The third-order valence-corrected chi connectivity index (χ3v) is 3.70. The zero-order valence-corrected chi connectivity index (χ0v) is 15.5. The molecule has 1 N–H and O–H groups in total. The normalized spacial score (nSPS) is 14.7. The Balaban J connectivity index is 0.000000713. The van der Waals surface area contributed by atoms with E-state index in [4.69, 9.17) is 4.74 Å². The average Bonchev–Trinajstić information content (AvgIpc) is 2.45. The molecule has 2 rings (SSSR count). The van der Waals surface area contributed by atoms with Crippen molar-refractivity contribution in [1.29, 1.82) is 0 Å². The molecule has 1 aromatic carbocycles. The molecule has 122 valence electrons. The molecule has 1 aliphatic heterocycles. The molecule has 0 fully saturated rings. The van der Waals surface area contributed by atoms with Crippen LogP contribution in [-0.4, -0.2) is 10.7 Å². The van der Waals surface area contributed by atoms with Gasteiger partial charge >= 0.3 is 0 Å². The van der Waals surface area contributed by atoms with Gasteiger partial charge in [0.1, 0.15) is 17.1 Å². The first-order chi connectivity index (χ1) is 9.75. The number of phenolic OH excluding ortho intramolecular Hbond substituents is 1. The van der Waals surface area contributed by atoms with E-state index < -0.39 is 0 Å². The maximum atomic E-state index is 10.0. The third kappa shape index (κ3) is 4.66. The van der Waals surface area contributed by atoms with Crippen LogP contribution < -0.4 is 4.74 Å². The minimum atomic E-state index is -0.0897. The molecule has 2 heteroatoms. The molecular formula is C19H34O2. The van der Waals surface area contributed by atoms with Crippen molar-refractivity contribution in [2.24, 2.45) is 0 Å². The zero-order chi connectivity index (χ0) is 16.8. The number of hydrogen-bond acceptors (Lipinski definition) is 2. The Bertz CT molecular complexity index is 459. The fourth-order valence-electron chi connectivity index (χ4n) is 2.36. The largest absolute Gasteiger partial charge is 0.507 e. The van der Waals surface area contributed by atoms with Crippen molar-refractivity contribution in [2.75, 3.05) is 0 Å². The molecule has 0 spiro atoms. The molecule has 0 bridgehead atoms. The number of rotatable bonds is 0. The maximum Gasteiger partial charge on any atom is 0.127 e. The van der Waals surface area contributed by atoms with Crippen LogP contribution >= 0.6 is 0 Å². The molecule has 0 unspecified atom stereocenters. The highest BCUT2D eigenvalue weighted by Crippen LogP contribution is 2.42. The summed E-state index contributed by atoms with van der Waals surface area (Å²) >= 11 is 0. The fourth-order valence-corrected chi connectivity index (χ4v) is 2.36. The van der Waals surface area contributed by atoms with Crippen molar-refractivity contribution in [2.45, 2.75) is 87.2 Å². The number of ether oxygens (including phenoxy) is 1. The van der Waals surface area contributed by atoms with Crippen LogP contribution in [0.15, 0.2) is 0 Å². The highest BCUT2D eigenvalue weighted by molar-refractivity contribution is 5.58. The van der Waals surface area contributed by atoms with E-state index in [0.29, 0.717) is 5.75 Å². The quantitative estimate of drug-likeness (QED) is 0.649. The predicted octanol–water partition coefficient (Wildman–Crippen LogP) is 5.86. The smallest absolute Gasteiger partial charge is 0.127 e. The van der Waals surface area contributed by atoms with Crippen molar-refractivity contribution >= 4 is 0 Å². The summed E-state index contributed by atoms with van der Waals surface area (Å²) in [7, 11) is 0. The van der Waals surface area contributed by atoms with Gasteiger partial charge in [0.05, 0.1) is 0 Å². The van der Waals surface area contributed by atoms with Gasteiger partial charge in [0.2, 0.25) is 0 Å². The summed E-state index contributed by atoms with van der Waals surface area (Å²) in [6.07, 6.45) is 3.24. The van der Waals surface area contributed by atoms with Gasteiger partial charge in [-0.25, -0.2) is 0 Å². The molecule has 0 aromatic heterocycles. The summed E-state index contributed by atoms with van der Waals surface area (Å²) in [5.74, 6) is 1.42. The molecule has 0 saturated carbocycles. The first-order valence-electron chi connectivity index (χ1n) is 8.25. The zero-order valence-electron chi connectivity index (χ0n) is 15.5. The van der Waals surface area contributed by atoms with Crippen LogP contribution in [0.25, 0.3) is 0 Å². The number of aromatic hydroxyl groups is 1. The second-order valence-electron chi connectivity index (χ2n) is 6.10. The average molecular weight is 294 g/mol. The lowest BCUT2D eigenvalue weighted by atomic mass is 9.88. The fraction of sp³-hybridized carbons (Fsp3) is 0.684. The van der Waals surface area contributed by atoms with E-state index in [9.17, 15) is 5.11 Å². The van der Waals surface area contributed by atoms with E-state index >= 15 is 0 Å². The maximum absolute atomic E-state index is 10.0. The Labute approximate surface area is 131 Å². The van der Waals surface area contributed by atoms with Gasteiger partial charge in [-0.15, -0.1) is 0 Å². The van der Waals surface area contributed by atoms with Crippen molar-refractivity contribution in [3.63, 3.8) is 0 Å². The Morgan fingerprint density at radius 1 is 1.00 bits per heavy atom. The van der Waals surface area contributed by atoms with Gasteiger partial charge in [-0.1, -0.05) is 34.1 Å². The summed E-state index contributed by atoms with van der Waals surface area (Å²) in [6.45, 7) is 18.4. The molecule has 0 radical (unpaired) electrons. The highest BCUT2D eigenvalue weighted by Gasteiger charge is 2.30. The van der Waals surface area contributed by atoms with Crippen LogP contribution in [0.1, 0.15) is 76.6 Å². The molecule has 1 aliphatic rings. The van der Waals surface area contributed by atoms with Crippen LogP contribution in [0.3, 0.4) is 0 Å². The molecule has 21 heavy (non-hydrogen) atoms. The number of hydrogen-bond donors (Lipinski definition) is 1. The lowest BCUT2D eigenvalue weighted by molar-refractivity contribution is 0.0831. The first kappa shape index (κ1) is 19.8. The minimum Gasteiger partial charge on any atom is -0.507 e. The summed E-state index contributed by atoms with van der Waals surface area (Å²) in [6, 6.07) is 0. The molecule has 0 atom stereocenters. The van der Waals surface area contributed by atoms with Crippen LogP contribution in [0.4, 0.5) is 0 Å². The predicted molar refractivity (Wildman–Crippen MR) is 92.7 cm³/mol. The molecule has 1 aromatic rings. The summed E-state index contributed by atoms with van der Waals surface area (Å²) in [5, 5.41) is 10.0. The lowest BCUT2D eigenvalue weighted by Gasteiger charge is -2.35. The van der Waals surface area contributed by atoms with E-state index in [1.54, 1.807) is 0 Å². The van der Waals surface area contributed by atoms with E-state index in [1.807, 2.05) is 34.6 Å². The summed E-state index contributed by atoms with van der Waals surface area (Å²) < 4.78 is 6.06. The van der Waals surface area contributed by atoms with Gasteiger partial charge in [0.15, 0.2) is 0 Å². The van der Waals surface area contributed by atoms with Crippen molar-refractivity contribution in [3.8, 4) is 11.5 Å². The molecular weight excluding hydrogens is 260 g/mol. The second kappa shape index (κ2) is 8.31. The lowest BCUT2D eigenvalue weighted by Crippen LogP contribution is -2.33. The van der Waals surface area contributed by atoms with E-state index in [0.717, 1.165) is 35.3 Å².